The van der Waals surface area contributed by atoms with Gasteiger partial charge in [0, 0.05) is 39.1 Å². The molecule has 0 N–H and O–H groups in total. The fourth-order valence-corrected chi connectivity index (χ4v) is 5.41. The minimum Gasteiger partial charge on any atom is -0.463 e. The van der Waals surface area contributed by atoms with Crippen LogP contribution in [0.5, 0.6) is 0 Å². The number of esters is 4. The lowest BCUT2D eigenvalue weighted by Crippen LogP contribution is -2.59. The fourth-order valence-electron chi connectivity index (χ4n) is 4.39. The summed E-state index contributed by atoms with van der Waals surface area (Å²) in [6.07, 6.45) is -3.99. The average molecular weight is 607 g/mol. The monoisotopic (exact) mass is 606 g/mol. The summed E-state index contributed by atoms with van der Waals surface area (Å²) < 4.78 is 33.4. The van der Waals surface area contributed by atoms with Crippen molar-refractivity contribution >= 4 is 46.8 Å². The minimum atomic E-state index is -1.28. The first-order valence-corrected chi connectivity index (χ1v) is 13.7. The van der Waals surface area contributed by atoms with Crippen LogP contribution in [0.4, 0.5) is 0 Å². The summed E-state index contributed by atoms with van der Waals surface area (Å²) in [6, 6.07) is 8.60. The number of rotatable bonds is 9. The van der Waals surface area contributed by atoms with Crippen molar-refractivity contribution in [3.63, 3.8) is 0 Å². The van der Waals surface area contributed by atoms with Crippen LogP contribution in [0.1, 0.15) is 49.9 Å². The Morgan fingerprint density at radius 1 is 0.902 bits per heavy atom. The van der Waals surface area contributed by atoms with Gasteiger partial charge in [-0.25, -0.2) is 0 Å². The zero-order chi connectivity index (χ0) is 29.7. The zero-order valence-electron chi connectivity index (χ0n) is 22.5. The largest absolute Gasteiger partial charge is 0.463 e. The first-order chi connectivity index (χ1) is 19.5. The van der Waals surface area contributed by atoms with E-state index in [-0.39, 0.29) is 6.61 Å². The summed E-state index contributed by atoms with van der Waals surface area (Å²) in [5, 5.41) is 10.1. The summed E-state index contributed by atoms with van der Waals surface area (Å²) in [5.41, 5.74) is 1.18. The van der Waals surface area contributed by atoms with Crippen molar-refractivity contribution in [1.82, 2.24) is 10.2 Å². The van der Waals surface area contributed by atoms with Crippen LogP contribution >= 0.6 is 22.9 Å². The number of nitrogens with zero attached hydrogens (tertiary/aromatic N) is 2. The number of aromatic nitrogens is 2. The molecule has 0 amide bonds. The van der Waals surface area contributed by atoms with Crippen LogP contribution in [0, 0.1) is 0 Å². The van der Waals surface area contributed by atoms with Crippen molar-refractivity contribution in [1.29, 1.82) is 0 Å². The van der Waals surface area contributed by atoms with E-state index in [0.717, 1.165) is 6.92 Å². The standard InChI is InChI=1S/C27H27ClN2O10S/c1-13(31)36-12-21-24(37-14(2)32)26(39-16(4)34)25(38-15(3)33)23(40-21)17-7-8-19(28)18(10-17)11-22-29-30-27(41-22)20-6-5-9-35-20/h5-10,21,23-26H,11-12H2,1-4H3/t21-,23-,24+,25-,26-/m0/s1. The van der Waals surface area contributed by atoms with Crippen molar-refractivity contribution < 1.29 is 47.3 Å². The molecular weight excluding hydrogens is 580 g/mol. The van der Waals surface area contributed by atoms with Crippen molar-refractivity contribution in [2.75, 3.05) is 6.61 Å². The van der Waals surface area contributed by atoms with Gasteiger partial charge in [-0.1, -0.05) is 35.1 Å². The Kier molecular flexibility index (Phi) is 9.73. The van der Waals surface area contributed by atoms with E-state index in [1.807, 2.05) is 0 Å². The van der Waals surface area contributed by atoms with Gasteiger partial charge in [-0.3, -0.25) is 19.2 Å². The summed E-state index contributed by atoms with van der Waals surface area (Å²) >= 11 is 7.87. The predicted octanol–water partition coefficient (Wildman–Crippen LogP) is 3.84. The summed E-state index contributed by atoms with van der Waals surface area (Å²) in [7, 11) is 0. The number of hydrogen-bond donors (Lipinski definition) is 0. The molecule has 12 nitrogen and oxygen atoms in total. The van der Waals surface area contributed by atoms with Gasteiger partial charge in [0.2, 0.25) is 0 Å². The maximum absolute atomic E-state index is 12.2. The van der Waals surface area contributed by atoms with E-state index in [1.165, 1.54) is 32.1 Å². The van der Waals surface area contributed by atoms with Gasteiger partial charge in [-0.2, -0.15) is 0 Å². The number of hydrogen-bond acceptors (Lipinski definition) is 13. The fraction of sp³-hybridized carbons (Fsp3) is 0.407. The van der Waals surface area contributed by atoms with Gasteiger partial charge < -0.3 is 28.1 Å². The minimum absolute atomic E-state index is 0.316. The summed E-state index contributed by atoms with van der Waals surface area (Å²) in [4.78, 5) is 47.9. The van der Waals surface area contributed by atoms with Crippen LogP contribution in [-0.2, 0) is 49.3 Å². The second kappa shape index (κ2) is 13.2. The molecule has 4 rings (SSSR count). The lowest BCUT2D eigenvalue weighted by atomic mass is 9.89. The molecule has 0 aliphatic carbocycles. The molecule has 0 bridgehead atoms. The predicted molar refractivity (Wildman–Crippen MR) is 143 cm³/mol. The van der Waals surface area contributed by atoms with Gasteiger partial charge in [0.25, 0.3) is 0 Å². The van der Waals surface area contributed by atoms with Crippen LogP contribution in [0.15, 0.2) is 41.0 Å². The number of carbonyl (C=O) groups is 4. The first kappa shape index (κ1) is 30.2. The molecule has 0 radical (unpaired) electrons. The second-order valence-electron chi connectivity index (χ2n) is 9.13. The van der Waals surface area contributed by atoms with Gasteiger partial charge in [-0.15, -0.1) is 10.2 Å². The van der Waals surface area contributed by atoms with Crippen LogP contribution < -0.4 is 0 Å². The van der Waals surface area contributed by atoms with Gasteiger partial charge in [-0.05, 0) is 29.3 Å². The number of furan rings is 1. The third-order valence-corrected chi connectivity index (χ3v) is 7.24. The van der Waals surface area contributed by atoms with Gasteiger partial charge in [0.1, 0.15) is 23.8 Å². The number of carbonyl (C=O) groups excluding carboxylic acids is 4. The van der Waals surface area contributed by atoms with E-state index >= 15 is 0 Å². The second-order valence-corrected chi connectivity index (χ2v) is 10.6. The highest BCUT2D eigenvalue weighted by molar-refractivity contribution is 7.14. The molecule has 2 aromatic heterocycles. The topological polar surface area (TPSA) is 153 Å². The number of benzene rings is 1. The SMILES string of the molecule is CC(=O)OC[C@@H]1O[C@@H](c2ccc(Cl)c(Cc3nnc(-c4ccco4)s3)c2)[C@H](OC(C)=O)[C@@H](OC(C)=O)[C@@H]1OC(C)=O. The molecule has 1 aliphatic rings. The summed E-state index contributed by atoms with van der Waals surface area (Å²) in [5.74, 6) is -2.11. The maximum Gasteiger partial charge on any atom is 0.303 e. The third-order valence-electron chi connectivity index (χ3n) is 5.93. The molecule has 3 aromatic rings. The van der Waals surface area contributed by atoms with E-state index in [1.54, 1.807) is 36.6 Å². The average Bonchev–Trinajstić information content (AvgIpc) is 3.58. The number of ether oxygens (including phenoxy) is 5. The van der Waals surface area contributed by atoms with Crippen molar-refractivity contribution in [2.45, 2.75) is 64.6 Å². The first-order valence-electron chi connectivity index (χ1n) is 12.5. The molecule has 1 aromatic carbocycles. The molecule has 41 heavy (non-hydrogen) atoms. The quantitative estimate of drug-likeness (QED) is 0.257. The molecule has 1 saturated heterocycles. The van der Waals surface area contributed by atoms with Crippen molar-refractivity contribution in [3.8, 4) is 10.8 Å². The van der Waals surface area contributed by atoms with E-state index in [2.05, 4.69) is 10.2 Å². The molecule has 1 aliphatic heterocycles. The highest BCUT2D eigenvalue weighted by Gasteiger charge is 2.52. The van der Waals surface area contributed by atoms with Crippen LogP contribution in [0.2, 0.25) is 5.02 Å². The highest BCUT2D eigenvalue weighted by Crippen LogP contribution is 2.39. The Hall–Kier alpha value is -3.81. The van der Waals surface area contributed by atoms with E-state index in [0.29, 0.717) is 38.3 Å². The van der Waals surface area contributed by atoms with Crippen molar-refractivity contribution in [2.24, 2.45) is 0 Å². The molecule has 0 saturated carbocycles. The van der Waals surface area contributed by atoms with E-state index in [4.69, 9.17) is 39.7 Å². The maximum atomic E-state index is 12.2. The normalized spacial score (nSPS) is 22.0. The number of halogens is 1. The van der Waals surface area contributed by atoms with Crippen molar-refractivity contribution in [3.05, 3.63) is 57.8 Å². The van der Waals surface area contributed by atoms with Crippen LogP contribution in [-0.4, -0.2) is 65.1 Å². The third kappa shape index (κ3) is 7.69. The van der Waals surface area contributed by atoms with E-state index in [9.17, 15) is 19.2 Å². The Labute approximate surface area is 243 Å². The Morgan fingerprint density at radius 2 is 1.59 bits per heavy atom. The highest BCUT2D eigenvalue weighted by atomic mass is 35.5. The Morgan fingerprint density at radius 3 is 2.22 bits per heavy atom. The molecule has 14 heteroatoms. The molecule has 218 valence electrons. The van der Waals surface area contributed by atoms with E-state index < -0.39 is 54.4 Å². The lowest BCUT2D eigenvalue weighted by Gasteiger charge is -2.44. The molecule has 0 spiro atoms. The Balaban J connectivity index is 1.71. The molecular formula is C27H27ClN2O10S. The summed E-state index contributed by atoms with van der Waals surface area (Å²) in [6.45, 7) is 4.41. The van der Waals surface area contributed by atoms with Gasteiger partial charge in [0.15, 0.2) is 29.1 Å². The lowest BCUT2D eigenvalue weighted by molar-refractivity contribution is -0.254. The van der Waals surface area contributed by atoms with Crippen LogP contribution in [0.25, 0.3) is 10.8 Å². The van der Waals surface area contributed by atoms with Gasteiger partial charge >= 0.3 is 23.9 Å². The molecule has 0 unspecified atom stereocenters. The smallest absolute Gasteiger partial charge is 0.303 e. The zero-order valence-corrected chi connectivity index (χ0v) is 24.1. The molecule has 3 heterocycles. The van der Waals surface area contributed by atoms with Crippen LogP contribution in [0.3, 0.4) is 0 Å². The van der Waals surface area contributed by atoms with Gasteiger partial charge in [0.05, 0.1) is 6.26 Å². The molecule has 1 fully saturated rings. The molecule has 5 atom stereocenters. The Bertz CT molecular complexity index is 1410.